The molecule has 2 rings (SSSR count). The summed E-state index contributed by atoms with van der Waals surface area (Å²) >= 11 is 0. The average molecular weight is 354 g/mol. The number of rotatable bonds is 9. The molecule has 0 aromatic heterocycles. The molecule has 0 atom stereocenters. The maximum Gasteiger partial charge on any atom is 0.162 e. The molecule has 138 valence electrons. The summed E-state index contributed by atoms with van der Waals surface area (Å²) in [4.78, 5) is 24.3. The number of ketones is 2. The zero-order chi connectivity index (χ0) is 19.1. The van der Waals surface area contributed by atoms with Crippen LogP contribution in [0.5, 0.6) is 11.5 Å². The van der Waals surface area contributed by atoms with Gasteiger partial charge in [-0.25, -0.2) is 0 Å². The lowest BCUT2D eigenvalue weighted by atomic mass is 10.00. The zero-order valence-electron chi connectivity index (χ0n) is 15.4. The van der Waals surface area contributed by atoms with E-state index in [-0.39, 0.29) is 23.1 Å². The van der Waals surface area contributed by atoms with Crippen molar-refractivity contribution in [1.29, 1.82) is 0 Å². The molecular formula is C22H26O4. The van der Waals surface area contributed by atoms with Crippen molar-refractivity contribution in [1.82, 2.24) is 0 Å². The molecule has 2 aromatic carbocycles. The van der Waals surface area contributed by atoms with Gasteiger partial charge < -0.3 is 10.2 Å². The average Bonchev–Trinajstić information content (AvgIpc) is 2.62. The van der Waals surface area contributed by atoms with Gasteiger partial charge in [0, 0.05) is 24.0 Å². The molecule has 0 amide bonds. The van der Waals surface area contributed by atoms with Crippen LogP contribution in [0.3, 0.4) is 0 Å². The highest BCUT2D eigenvalue weighted by Crippen LogP contribution is 2.20. The first-order valence-corrected chi connectivity index (χ1v) is 9.04. The molecule has 0 fully saturated rings. The van der Waals surface area contributed by atoms with E-state index in [1.54, 1.807) is 50.2 Å². The van der Waals surface area contributed by atoms with Crippen molar-refractivity contribution in [3.63, 3.8) is 0 Å². The first-order chi connectivity index (χ1) is 12.4. The van der Waals surface area contributed by atoms with E-state index in [0.717, 1.165) is 25.7 Å². The SMILES string of the molecule is Cc1cc(C(=O)CCCCCCC(=O)c2ccc(O)c(C)c2)ccc1O. The second-order valence-electron chi connectivity index (χ2n) is 6.76. The smallest absolute Gasteiger partial charge is 0.162 e. The van der Waals surface area contributed by atoms with Gasteiger partial charge in [-0.2, -0.15) is 0 Å². The second kappa shape index (κ2) is 9.18. The largest absolute Gasteiger partial charge is 0.508 e. The summed E-state index contributed by atoms with van der Waals surface area (Å²) in [5.74, 6) is 0.581. The van der Waals surface area contributed by atoms with Gasteiger partial charge in [0.25, 0.3) is 0 Å². The predicted octanol–water partition coefficient (Wildman–Crippen LogP) is 5.12. The minimum atomic E-state index is 0.0868. The molecule has 0 spiro atoms. The van der Waals surface area contributed by atoms with Crippen LogP contribution >= 0.6 is 0 Å². The van der Waals surface area contributed by atoms with Crippen molar-refractivity contribution in [3.8, 4) is 11.5 Å². The monoisotopic (exact) mass is 354 g/mol. The molecule has 4 heteroatoms. The quantitative estimate of drug-likeness (QED) is 0.484. The molecule has 0 radical (unpaired) electrons. The van der Waals surface area contributed by atoms with Crippen molar-refractivity contribution in [2.45, 2.75) is 52.4 Å². The van der Waals surface area contributed by atoms with Gasteiger partial charge in [0.15, 0.2) is 11.6 Å². The standard InChI is InChI=1S/C22H26O4/c1-15-13-17(9-11-19(15)23)21(25)7-5-3-4-6-8-22(26)18-10-12-20(24)16(2)14-18/h9-14,23-24H,3-8H2,1-2H3. The Morgan fingerprint density at radius 3 is 1.42 bits per heavy atom. The van der Waals surface area contributed by atoms with Gasteiger partial charge in [-0.05, 0) is 74.2 Å². The van der Waals surface area contributed by atoms with Crippen LogP contribution in [0, 0.1) is 13.8 Å². The first kappa shape index (κ1) is 19.7. The summed E-state index contributed by atoms with van der Waals surface area (Å²) in [7, 11) is 0. The highest BCUT2D eigenvalue weighted by Gasteiger charge is 2.09. The minimum absolute atomic E-state index is 0.0868. The molecule has 0 aliphatic rings. The number of Topliss-reactive ketones (excluding diaryl/α,β-unsaturated/α-hetero) is 2. The lowest BCUT2D eigenvalue weighted by molar-refractivity contribution is 0.0966. The van der Waals surface area contributed by atoms with Crippen molar-refractivity contribution >= 4 is 11.6 Å². The maximum atomic E-state index is 12.1. The van der Waals surface area contributed by atoms with Gasteiger partial charge in [-0.1, -0.05) is 12.8 Å². The highest BCUT2D eigenvalue weighted by molar-refractivity contribution is 5.96. The Balaban J connectivity index is 1.67. The molecule has 2 N–H and O–H groups in total. The van der Waals surface area contributed by atoms with E-state index < -0.39 is 0 Å². The van der Waals surface area contributed by atoms with E-state index in [1.807, 2.05) is 0 Å². The van der Waals surface area contributed by atoms with Crippen LogP contribution < -0.4 is 0 Å². The van der Waals surface area contributed by atoms with Crippen molar-refractivity contribution in [2.24, 2.45) is 0 Å². The van der Waals surface area contributed by atoms with Crippen molar-refractivity contribution in [3.05, 3.63) is 58.7 Å². The van der Waals surface area contributed by atoms with Crippen LogP contribution in [-0.4, -0.2) is 21.8 Å². The van der Waals surface area contributed by atoms with Crippen molar-refractivity contribution in [2.75, 3.05) is 0 Å². The van der Waals surface area contributed by atoms with E-state index in [2.05, 4.69) is 0 Å². The van der Waals surface area contributed by atoms with Crippen LogP contribution in [-0.2, 0) is 0 Å². The molecule has 4 nitrogen and oxygen atoms in total. The fourth-order valence-electron chi connectivity index (χ4n) is 2.87. The molecule has 0 saturated carbocycles. The summed E-state index contributed by atoms with van der Waals surface area (Å²) in [5, 5.41) is 19.0. The van der Waals surface area contributed by atoms with Gasteiger partial charge >= 0.3 is 0 Å². The summed E-state index contributed by atoms with van der Waals surface area (Å²) in [6.45, 7) is 3.55. The van der Waals surface area contributed by atoms with Gasteiger partial charge in [0.1, 0.15) is 11.5 Å². The molecule has 0 aliphatic heterocycles. The Morgan fingerprint density at radius 1 is 0.692 bits per heavy atom. The number of carbonyl (C=O) groups excluding carboxylic acids is 2. The van der Waals surface area contributed by atoms with Crippen LogP contribution in [0.2, 0.25) is 0 Å². The lowest BCUT2D eigenvalue weighted by Gasteiger charge is -2.05. The van der Waals surface area contributed by atoms with Crippen molar-refractivity contribution < 1.29 is 19.8 Å². The Labute approximate surface area is 154 Å². The maximum absolute atomic E-state index is 12.1. The summed E-state index contributed by atoms with van der Waals surface area (Å²) in [6, 6.07) is 9.86. The van der Waals surface area contributed by atoms with Gasteiger partial charge in [0.05, 0.1) is 0 Å². The number of benzene rings is 2. The molecule has 0 bridgehead atoms. The summed E-state index contributed by atoms with van der Waals surface area (Å²) < 4.78 is 0. The Hall–Kier alpha value is -2.62. The van der Waals surface area contributed by atoms with Gasteiger partial charge in [-0.3, -0.25) is 9.59 Å². The Bertz CT molecular complexity index is 725. The van der Waals surface area contributed by atoms with E-state index in [1.165, 1.54) is 0 Å². The zero-order valence-corrected chi connectivity index (χ0v) is 15.4. The molecule has 26 heavy (non-hydrogen) atoms. The third-order valence-corrected chi connectivity index (χ3v) is 4.60. The third kappa shape index (κ3) is 5.45. The number of aryl methyl sites for hydroxylation is 2. The Kier molecular flexibility index (Phi) is 6.96. The number of phenolic OH excluding ortho intramolecular Hbond substituents is 2. The molecule has 2 aromatic rings. The van der Waals surface area contributed by atoms with E-state index >= 15 is 0 Å². The second-order valence-corrected chi connectivity index (χ2v) is 6.76. The molecule has 0 saturated heterocycles. The molecule has 0 aliphatic carbocycles. The van der Waals surface area contributed by atoms with E-state index in [0.29, 0.717) is 35.1 Å². The van der Waals surface area contributed by atoms with Gasteiger partial charge in [0.2, 0.25) is 0 Å². The van der Waals surface area contributed by atoms with Crippen LogP contribution in [0.1, 0.15) is 70.4 Å². The summed E-state index contributed by atoms with van der Waals surface area (Å²) in [5.41, 5.74) is 2.69. The number of phenols is 2. The van der Waals surface area contributed by atoms with E-state index in [4.69, 9.17) is 0 Å². The Morgan fingerprint density at radius 2 is 1.08 bits per heavy atom. The number of hydrogen-bond acceptors (Lipinski definition) is 4. The summed E-state index contributed by atoms with van der Waals surface area (Å²) in [6.07, 6.45) is 4.37. The molecular weight excluding hydrogens is 328 g/mol. The normalized spacial score (nSPS) is 10.7. The first-order valence-electron chi connectivity index (χ1n) is 9.04. The van der Waals surface area contributed by atoms with Crippen LogP contribution in [0.15, 0.2) is 36.4 Å². The number of aromatic hydroxyl groups is 2. The minimum Gasteiger partial charge on any atom is -0.508 e. The molecule has 0 unspecified atom stereocenters. The van der Waals surface area contributed by atoms with Crippen LogP contribution in [0.4, 0.5) is 0 Å². The third-order valence-electron chi connectivity index (χ3n) is 4.60. The molecule has 0 heterocycles. The fraction of sp³-hybridized carbons (Fsp3) is 0.364. The fourth-order valence-corrected chi connectivity index (χ4v) is 2.87. The lowest BCUT2D eigenvalue weighted by Crippen LogP contribution is -2.00. The van der Waals surface area contributed by atoms with E-state index in [9.17, 15) is 19.8 Å². The topological polar surface area (TPSA) is 74.6 Å². The number of hydrogen-bond donors (Lipinski definition) is 2. The number of unbranched alkanes of at least 4 members (excludes halogenated alkanes) is 3. The highest BCUT2D eigenvalue weighted by atomic mass is 16.3. The van der Waals surface area contributed by atoms with Crippen LogP contribution in [0.25, 0.3) is 0 Å². The number of carbonyl (C=O) groups is 2. The predicted molar refractivity (Wildman–Crippen MR) is 102 cm³/mol. The van der Waals surface area contributed by atoms with Gasteiger partial charge in [-0.15, -0.1) is 0 Å².